The van der Waals surface area contributed by atoms with E-state index in [4.69, 9.17) is 4.98 Å². The molecule has 6 nitrogen and oxygen atoms in total. The second-order valence-electron chi connectivity index (χ2n) is 11.8. The molecule has 0 radical (unpaired) electrons. The summed E-state index contributed by atoms with van der Waals surface area (Å²) in [6.07, 6.45) is 0.976. The van der Waals surface area contributed by atoms with Gasteiger partial charge in [-0.05, 0) is 56.0 Å². The van der Waals surface area contributed by atoms with Crippen molar-refractivity contribution in [2.75, 3.05) is 30.9 Å². The second kappa shape index (κ2) is 9.60. The van der Waals surface area contributed by atoms with Gasteiger partial charge in [0.15, 0.2) is 0 Å². The van der Waals surface area contributed by atoms with Crippen molar-refractivity contribution in [2.24, 2.45) is 5.41 Å². The molecule has 0 aliphatic carbocycles. The lowest BCUT2D eigenvalue weighted by atomic mass is 9.82. The molecule has 36 heavy (non-hydrogen) atoms. The van der Waals surface area contributed by atoms with E-state index in [1.165, 1.54) is 12.1 Å². The Balaban J connectivity index is 1.70. The number of carbonyl (C=O) groups excluding carboxylic acids is 1. The third-order valence-corrected chi connectivity index (χ3v) is 6.42. The fourth-order valence-electron chi connectivity index (χ4n) is 5.24. The Kier molecular flexibility index (Phi) is 6.86. The summed E-state index contributed by atoms with van der Waals surface area (Å²) in [6, 6.07) is 14.3. The Morgan fingerprint density at radius 1 is 1.06 bits per heavy atom. The summed E-state index contributed by atoms with van der Waals surface area (Å²) in [7, 11) is 4.05. The minimum Gasteiger partial charge on any atom is -0.378 e. The van der Waals surface area contributed by atoms with E-state index in [0.717, 1.165) is 35.0 Å². The molecule has 0 bridgehead atoms. The Bertz CT molecular complexity index is 1240. The molecule has 7 heteroatoms. The zero-order valence-corrected chi connectivity index (χ0v) is 22.5. The highest BCUT2D eigenvalue weighted by Crippen LogP contribution is 2.36. The highest BCUT2D eigenvalue weighted by Gasteiger charge is 2.32. The lowest BCUT2D eigenvalue weighted by Gasteiger charge is -2.35. The summed E-state index contributed by atoms with van der Waals surface area (Å²) in [6.45, 7) is 12.7. The Labute approximate surface area is 214 Å². The Morgan fingerprint density at radius 2 is 1.75 bits per heavy atom. The van der Waals surface area contributed by atoms with Crippen molar-refractivity contribution in [2.45, 2.75) is 59.7 Å². The maximum Gasteiger partial charge on any atom is 0.254 e. The van der Waals surface area contributed by atoms with Crippen molar-refractivity contribution in [3.63, 3.8) is 0 Å². The molecule has 1 aliphatic heterocycles. The number of carbonyl (C=O) groups is 1. The Morgan fingerprint density at radius 3 is 2.36 bits per heavy atom. The molecule has 2 heterocycles. The van der Waals surface area contributed by atoms with Gasteiger partial charge in [-0.15, -0.1) is 0 Å². The van der Waals surface area contributed by atoms with Crippen LogP contribution in [0, 0.1) is 11.2 Å². The van der Waals surface area contributed by atoms with Crippen LogP contribution >= 0.6 is 0 Å². The van der Waals surface area contributed by atoms with E-state index in [1.54, 1.807) is 17.0 Å². The predicted molar refractivity (Wildman–Crippen MR) is 145 cm³/mol. The molecule has 1 amide bonds. The van der Waals surface area contributed by atoms with Gasteiger partial charge < -0.3 is 19.7 Å². The monoisotopic (exact) mass is 491 g/mol. The molecule has 0 saturated heterocycles. The van der Waals surface area contributed by atoms with E-state index in [1.807, 2.05) is 14.1 Å². The van der Waals surface area contributed by atoms with Gasteiger partial charge in [0, 0.05) is 49.5 Å². The van der Waals surface area contributed by atoms with Gasteiger partial charge >= 0.3 is 0 Å². The normalized spacial score (nSPS) is 13.9. The number of fused-ring (bicyclic) bond motifs is 1. The third-order valence-electron chi connectivity index (χ3n) is 6.42. The van der Waals surface area contributed by atoms with Crippen LogP contribution in [0.5, 0.6) is 0 Å². The number of hydrogen-bond acceptors (Lipinski definition) is 4. The molecule has 0 spiro atoms. The third kappa shape index (κ3) is 5.72. The molecule has 0 fully saturated rings. The standard InChI is InChI=1S/C29H38FN5O/c1-28(2,3)19-29(4,5)32-26-25(20-11-13-23(14-12-20)33(6)7)31-24-18-34(15-16-35(24)26)27(36)21-9-8-10-22(30)17-21/h8-14,17,32H,15-16,18-19H2,1-7H3. The molecule has 0 atom stereocenters. The lowest BCUT2D eigenvalue weighted by Crippen LogP contribution is -2.40. The number of rotatable bonds is 6. The number of nitrogens with one attached hydrogen (secondary N) is 1. The van der Waals surface area contributed by atoms with Crippen LogP contribution in [-0.2, 0) is 13.1 Å². The highest BCUT2D eigenvalue weighted by molar-refractivity contribution is 5.94. The van der Waals surface area contributed by atoms with E-state index in [2.05, 4.69) is 73.7 Å². The number of anilines is 2. The van der Waals surface area contributed by atoms with Gasteiger partial charge in [-0.3, -0.25) is 4.79 Å². The molecule has 1 aliphatic rings. The van der Waals surface area contributed by atoms with E-state index in [0.29, 0.717) is 25.2 Å². The van der Waals surface area contributed by atoms with Gasteiger partial charge in [-0.1, -0.05) is 39.0 Å². The number of amides is 1. The van der Waals surface area contributed by atoms with Gasteiger partial charge in [0.25, 0.3) is 5.91 Å². The lowest BCUT2D eigenvalue weighted by molar-refractivity contribution is 0.0707. The van der Waals surface area contributed by atoms with Crippen molar-refractivity contribution in [1.29, 1.82) is 0 Å². The molecule has 1 aromatic heterocycles. The predicted octanol–water partition coefficient (Wildman–Crippen LogP) is 6.04. The molecule has 3 aromatic rings. The van der Waals surface area contributed by atoms with E-state index in [-0.39, 0.29) is 16.9 Å². The zero-order chi connectivity index (χ0) is 26.3. The topological polar surface area (TPSA) is 53.4 Å². The van der Waals surface area contributed by atoms with Gasteiger partial charge in [0.2, 0.25) is 0 Å². The number of aromatic nitrogens is 2. The fourth-order valence-corrected chi connectivity index (χ4v) is 5.24. The average Bonchev–Trinajstić information content (AvgIpc) is 3.13. The largest absolute Gasteiger partial charge is 0.378 e. The number of nitrogens with zero attached hydrogens (tertiary/aromatic N) is 4. The number of hydrogen-bond donors (Lipinski definition) is 1. The maximum atomic E-state index is 13.7. The highest BCUT2D eigenvalue weighted by atomic mass is 19.1. The van der Waals surface area contributed by atoms with Crippen molar-refractivity contribution < 1.29 is 9.18 Å². The molecule has 0 saturated carbocycles. The van der Waals surface area contributed by atoms with Crippen molar-refractivity contribution in [3.05, 3.63) is 65.7 Å². The summed E-state index contributed by atoms with van der Waals surface area (Å²) in [5.74, 6) is 1.22. The van der Waals surface area contributed by atoms with Crippen LogP contribution in [0.4, 0.5) is 15.9 Å². The van der Waals surface area contributed by atoms with E-state index in [9.17, 15) is 9.18 Å². The van der Waals surface area contributed by atoms with Crippen LogP contribution in [0.3, 0.4) is 0 Å². The van der Waals surface area contributed by atoms with E-state index >= 15 is 0 Å². The van der Waals surface area contributed by atoms with Crippen molar-refractivity contribution in [3.8, 4) is 11.3 Å². The minimum atomic E-state index is -0.407. The van der Waals surface area contributed by atoms with Gasteiger partial charge in [0.1, 0.15) is 23.2 Å². The first kappa shape index (κ1) is 25.7. The summed E-state index contributed by atoms with van der Waals surface area (Å²) in [5, 5.41) is 3.81. The summed E-state index contributed by atoms with van der Waals surface area (Å²) in [4.78, 5) is 22.0. The van der Waals surface area contributed by atoms with Gasteiger partial charge in [0.05, 0.1) is 6.54 Å². The van der Waals surface area contributed by atoms with Crippen LogP contribution in [0.2, 0.25) is 0 Å². The average molecular weight is 492 g/mol. The van der Waals surface area contributed by atoms with Gasteiger partial charge in [-0.2, -0.15) is 0 Å². The quantitative estimate of drug-likeness (QED) is 0.457. The van der Waals surface area contributed by atoms with Crippen LogP contribution in [0.15, 0.2) is 48.5 Å². The molecular weight excluding hydrogens is 453 g/mol. The fraction of sp³-hybridized carbons (Fsp3) is 0.448. The molecule has 2 aromatic carbocycles. The SMILES string of the molecule is CN(C)c1ccc(-c2nc3n(c2NC(C)(C)CC(C)(C)C)CCN(C(=O)c2cccc(F)c2)C3)cc1. The molecular formula is C29H38FN5O. The molecule has 192 valence electrons. The van der Waals surface area contributed by atoms with Crippen LogP contribution < -0.4 is 10.2 Å². The molecule has 1 N–H and O–H groups in total. The molecule has 0 unspecified atom stereocenters. The number of benzene rings is 2. The maximum absolute atomic E-state index is 13.7. The van der Waals surface area contributed by atoms with Gasteiger partial charge in [-0.25, -0.2) is 9.37 Å². The van der Waals surface area contributed by atoms with Crippen LogP contribution in [0.1, 0.15) is 57.2 Å². The first-order valence-electron chi connectivity index (χ1n) is 12.5. The number of imidazole rings is 1. The van der Waals surface area contributed by atoms with Crippen LogP contribution in [0.25, 0.3) is 11.3 Å². The smallest absolute Gasteiger partial charge is 0.254 e. The van der Waals surface area contributed by atoms with Crippen LogP contribution in [-0.4, -0.2) is 46.5 Å². The molecule has 4 rings (SSSR count). The minimum absolute atomic E-state index is 0.156. The second-order valence-corrected chi connectivity index (χ2v) is 11.8. The first-order valence-corrected chi connectivity index (χ1v) is 12.5. The van der Waals surface area contributed by atoms with E-state index < -0.39 is 5.82 Å². The summed E-state index contributed by atoms with van der Waals surface area (Å²) < 4.78 is 15.9. The zero-order valence-electron chi connectivity index (χ0n) is 22.5. The van der Waals surface area contributed by atoms with Crippen molar-refractivity contribution in [1.82, 2.24) is 14.5 Å². The first-order chi connectivity index (χ1) is 16.8. The summed E-state index contributed by atoms with van der Waals surface area (Å²) >= 11 is 0. The Hall–Kier alpha value is -3.35. The number of halogens is 1. The summed E-state index contributed by atoms with van der Waals surface area (Å²) in [5.41, 5.74) is 3.39. The van der Waals surface area contributed by atoms with Crippen molar-refractivity contribution >= 4 is 17.4 Å².